The summed E-state index contributed by atoms with van der Waals surface area (Å²) in [6.07, 6.45) is 0. The lowest BCUT2D eigenvalue weighted by Gasteiger charge is -1.98. The Morgan fingerprint density at radius 1 is 1.59 bits per heavy atom. The Morgan fingerprint density at radius 2 is 2.29 bits per heavy atom. The van der Waals surface area contributed by atoms with Crippen LogP contribution in [0.4, 0.5) is 5.69 Å². The first-order valence-electron chi connectivity index (χ1n) is 4.93. The second kappa shape index (κ2) is 3.85. The SMILES string of the molecule is CCn1nc2cc([N+](=O)[O-])ccc2c1C(=O)O. The van der Waals surface area contributed by atoms with Gasteiger partial charge in [0.1, 0.15) is 5.52 Å². The quantitative estimate of drug-likeness (QED) is 0.644. The van der Waals surface area contributed by atoms with Gasteiger partial charge in [-0.3, -0.25) is 14.8 Å². The molecule has 0 radical (unpaired) electrons. The van der Waals surface area contributed by atoms with Crippen LogP contribution in [-0.4, -0.2) is 25.8 Å². The van der Waals surface area contributed by atoms with Crippen LogP contribution < -0.4 is 0 Å². The van der Waals surface area contributed by atoms with E-state index in [1.54, 1.807) is 6.92 Å². The number of rotatable bonds is 3. The summed E-state index contributed by atoms with van der Waals surface area (Å²) >= 11 is 0. The van der Waals surface area contributed by atoms with Gasteiger partial charge in [-0.1, -0.05) is 0 Å². The minimum Gasteiger partial charge on any atom is -0.477 e. The number of aromatic nitrogens is 2. The van der Waals surface area contributed by atoms with Gasteiger partial charge in [0.05, 0.1) is 4.92 Å². The molecule has 1 aromatic heterocycles. The summed E-state index contributed by atoms with van der Waals surface area (Å²) in [5.41, 5.74) is 0.269. The average Bonchev–Trinajstić information content (AvgIpc) is 2.65. The van der Waals surface area contributed by atoms with Gasteiger partial charge in [0.25, 0.3) is 5.69 Å². The second-order valence-electron chi connectivity index (χ2n) is 3.43. The zero-order valence-electron chi connectivity index (χ0n) is 8.95. The van der Waals surface area contributed by atoms with Crippen LogP contribution in [0.1, 0.15) is 17.4 Å². The van der Waals surface area contributed by atoms with Crippen LogP contribution in [0.2, 0.25) is 0 Å². The predicted molar refractivity (Wildman–Crippen MR) is 59.0 cm³/mol. The highest BCUT2D eigenvalue weighted by molar-refractivity contribution is 6.01. The van der Waals surface area contributed by atoms with E-state index in [-0.39, 0.29) is 11.4 Å². The molecule has 88 valence electrons. The van der Waals surface area contributed by atoms with E-state index in [0.717, 1.165) is 0 Å². The number of hydrogen-bond acceptors (Lipinski definition) is 4. The van der Waals surface area contributed by atoms with Crippen LogP contribution in [0.15, 0.2) is 18.2 Å². The van der Waals surface area contributed by atoms with E-state index in [2.05, 4.69) is 5.10 Å². The van der Waals surface area contributed by atoms with Crippen LogP contribution in [0.25, 0.3) is 10.9 Å². The topological polar surface area (TPSA) is 98.3 Å². The van der Waals surface area contributed by atoms with Gasteiger partial charge in [-0.15, -0.1) is 0 Å². The molecule has 7 heteroatoms. The van der Waals surface area contributed by atoms with Crippen LogP contribution in [0, 0.1) is 10.1 Å². The third-order valence-electron chi connectivity index (χ3n) is 2.44. The Balaban J connectivity index is 2.74. The van der Waals surface area contributed by atoms with E-state index in [9.17, 15) is 14.9 Å². The fraction of sp³-hybridized carbons (Fsp3) is 0.200. The number of nitro benzene ring substituents is 1. The monoisotopic (exact) mass is 235 g/mol. The number of aromatic carboxylic acids is 1. The number of carbonyl (C=O) groups is 1. The third kappa shape index (κ3) is 1.71. The lowest BCUT2D eigenvalue weighted by Crippen LogP contribution is -2.08. The Kier molecular flexibility index (Phi) is 2.51. The van der Waals surface area contributed by atoms with Crippen LogP contribution in [0.3, 0.4) is 0 Å². The van der Waals surface area contributed by atoms with Gasteiger partial charge in [0.2, 0.25) is 0 Å². The van der Waals surface area contributed by atoms with Crippen molar-refractivity contribution in [3.8, 4) is 0 Å². The molecule has 0 aliphatic carbocycles. The number of non-ortho nitro benzene ring substituents is 1. The van der Waals surface area contributed by atoms with E-state index in [1.807, 2.05) is 0 Å². The molecule has 2 aromatic rings. The summed E-state index contributed by atoms with van der Waals surface area (Å²) in [5, 5.41) is 24.1. The van der Waals surface area contributed by atoms with E-state index in [4.69, 9.17) is 5.11 Å². The number of nitrogens with zero attached hydrogens (tertiary/aromatic N) is 3. The number of nitro groups is 1. The first-order chi connectivity index (χ1) is 8.04. The molecule has 0 atom stereocenters. The summed E-state index contributed by atoms with van der Waals surface area (Å²) in [5.74, 6) is -1.09. The average molecular weight is 235 g/mol. The zero-order chi connectivity index (χ0) is 12.6. The second-order valence-corrected chi connectivity index (χ2v) is 3.43. The van der Waals surface area contributed by atoms with Gasteiger partial charge < -0.3 is 5.11 Å². The molecule has 17 heavy (non-hydrogen) atoms. The number of benzene rings is 1. The molecular weight excluding hydrogens is 226 g/mol. The van der Waals surface area contributed by atoms with Crippen molar-refractivity contribution in [2.75, 3.05) is 0 Å². The number of carboxylic acid groups (broad SMARTS) is 1. The van der Waals surface area contributed by atoms with E-state index in [0.29, 0.717) is 17.4 Å². The Morgan fingerprint density at radius 3 is 2.82 bits per heavy atom. The Hall–Kier alpha value is -2.44. The van der Waals surface area contributed by atoms with Crippen molar-refractivity contribution in [3.63, 3.8) is 0 Å². The third-order valence-corrected chi connectivity index (χ3v) is 2.44. The normalized spacial score (nSPS) is 10.6. The standard InChI is InChI=1S/C10H9N3O4/c1-2-12-9(10(14)15)7-4-3-6(13(16)17)5-8(7)11-12/h3-5H,2H2,1H3,(H,14,15). The van der Waals surface area contributed by atoms with Gasteiger partial charge in [0.15, 0.2) is 5.69 Å². The smallest absolute Gasteiger partial charge is 0.354 e. The van der Waals surface area contributed by atoms with Crippen molar-refractivity contribution in [3.05, 3.63) is 34.0 Å². The fourth-order valence-corrected chi connectivity index (χ4v) is 1.69. The highest BCUT2D eigenvalue weighted by Gasteiger charge is 2.18. The highest BCUT2D eigenvalue weighted by atomic mass is 16.6. The summed E-state index contributed by atoms with van der Waals surface area (Å²) < 4.78 is 1.32. The van der Waals surface area contributed by atoms with Gasteiger partial charge in [-0.05, 0) is 13.0 Å². The zero-order valence-corrected chi connectivity index (χ0v) is 8.95. The first-order valence-corrected chi connectivity index (χ1v) is 4.93. The molecule has 0 aliphatic rings. The molecule has 2 rings (SSSR count). The molecule has 1 heterocycles. The van der Waals surface area contributed by atoms with Gasteiger partial charge in [0, 0.05) is 24.1 Å². The minimum absolute atomic E-state index is 0.0531. The molecule has 1 aromatic carbocycles. The van der Waals surface area contributed by atoms with Crippen LogP contribution in [0.5, 0.6) is 0 Å². The molecule has 0 saturated heterocycles. The van der Waals surface area contributed by atoms with E-state index >= 15 is 0 Å². The highest BCUT2D eigenvalue weighted by Crippen LogP contribution is 2.23. The molecule has 0 bridgehead atoms. The number of carboxylic acids is 1. The maximum absolute atomic E-state index is 11.1. The minimum atomic E-state index is -1.09. The molecule has 0 aliphatic heterocycles. The summed E-state index contributed by atoms with van der Waals surface area (Å²) in [7, 11) is 0. The molecule has 1 N–H and O–H groups in total. The van der Waals surface area contributed by atoms with Crippen molar-refractivity contribution < 1.29 is 14.8 Å². The van der Waals surface area contributed by atoms with Gasteiger partial charge >= 0.3 is 5.97 Å². The number of hydrogen-bond donors (Lipinski definition) is 1. The maximum Gasteiger partial charge on any atom is 0.354 e. The van der Waals surface area contributed by atoms with Crippen molar-refractivity contribution in [2.24, 2.45) is 0 Å². The summed E-state index contributed by atoms with van der Waals surface area (Å²) in [6, 6.07) is 3.96. The molecule has 0 saturated carbocycles. The van der Waals surface area contributed by atoms with Crippen molar-refractivity contribution in [1.29, 1.82) is 0 Å². The molecule has 7 nitrogen and oxygen atoms in total. The summed E-state index contributed by atoms with van der Waals surface area (Å²) in [6.45, 7) is 2.15. The van der Waals surface area contributed by atoms with E-state index < -0.39 is 10.9 Å². The van der Waals surface area contributed by atoms with E-state index in [1.165, 1.54) is 22.9 Å². The maximum atomic E-state index is 11.1. The molecule has 0 spiro atoms. The van der Waals surface area contributed by atoms with Gasteiger partial charge in [-0.2, -0.15) is 5.10 Å². The predicted octanol–water partition coefficient (Wildman–Crippen LogP) is 1.66. The Labute approximate surface area is 95.4 Å². The summed E-state index contributed by atoms with van der Waals surface area (Å²) in [4.78, 5) is 21.1. The first kappa shape index (κ1) is 11.1. The van der Waals surface area contributed by atoms with Crippen LogP contribution in [-0.2, 0) is 6.54 Å². The lowest BCUT2D eigenvalue weighted by molar-refractivity contribution is -0.384. The largest absolute Gasteiger partial charge is 0.477 e. The van der Waals surface area contributed by atoms with Gasteiger partial charge in [-0.25, -0.2) is 4.79 Å². The van der Waals surface area contributed by atoms with Crippen molar-refractivity contribution in [1.82, 2.24) is 9.78 Å². The Bertz CT molecular complexity index is 617. The molecule has 0 fully saturated rings. The molecule has 0 unspecified atom stereocenters. The molecule has 0 amide bonds. The van der Waals surface area contributed by atoms with Crippen molar-refractivity contribution in [2.45, 2.75) is 13.5 Å². The number of aryl methyl sites for hydroxylation is 1. The molecular formula is C10H9N3O4. The number of fused-ring (bicyclic) bond motifs is 1. The van der Waals surface area contributed by atoms with Crippen molar-refractivity contribution >= 4 is 22.6 Å². The fourth-order valence-electron chi connectivity index (χ4n) is 1.69. The van der Waals surface area contributed by atoms with Crippen LogP contribution >= 0.6 is 0 Å². The lowest BCUT2D eigenvalue weighted by atomic mass is 10.2.